The molecule has 0 aliphatic heterocycles. The van der Waals surface area contributed by atoms with E-state index in [2.05, 4.69) is 21.2 Å². The summed E-state index contributed by atoms with van der Waals surface area (Å²) in [4.78, 5) is 0. The molecular formula is C14H17BrF3N. The minimum absolute atomic E-state index is 0.200. The average molecular weight is 336 g/mol. The highest BCUT2D eigenvalue weighted by Crippen LogP contribution is 2.37. The van der Waals surface area contributed by atoms with Crippen LogP contribution in [0.5, 0.6) is 0 Å². The highest BCUT2D eigenvalue weighted by atomic mass is 79.9. The van der Waals surface area contributed by atoms with Crippen molar-refractivity contribution in [1.82, 2.24) is 5.32 Å². The van der Waals surface area contributed by atoms with E-state index in [1.54, 1.807) is 0 Å². The van der Waals surface area contributed by atoms with Crippen LogP contribution < -0.4 is 5.32 Å². The number of benzene rings is 1. The largest absolute Gasteiger partial charge is 0.391 e. The normalized spacial score (nSPS) is 24.4. The lowest BCUT2D eigenvalue weighted by molar-refractivity contribution is -0.182. The molecule has 1 fully saturated rings. The van der Waals surface area contributed by atoms with E-state index in [-0.39, 0.29) is 18.9 Å². The molecule has 0 saturated heterocycles. The Kier molecular flexibility index (Phi) is 4.90. The third-order valence-electron chi connectivity index (χ3n) is 3.73. The van der Waals surface area contributed by atoms with Gasteiger partial charge in [0, 0.05) is 17.1 Å². The number of nitrogens with one attached hydrogen (secondary N) is 1. The molecule has 5 heteroatoms. The summed E-state index contributed by atoms with van der Waals surface area (Å²) in [5, 5.41) is 3.35. The highest BCUT2D eigenvalue weighted by Gasteiger charge is 2.41. The van der Waals surface area contributed by atoms with Crippen molar-refractivity contribution >= 4 is 15.9 Å². The zero-order valence-electron chi connectivity index (χ0n) is 10.5. The van der Waals surface area contributed by atoms with Gasteiger partial charge in [-0.15, -0.1) is 0 Å². The molecule has 1 aliphatic rings. The molecule has 106 valence electrons. The Labute approximate surface area is 119 Å². The topological polar surface area (TPSA) is 12.0 Å². The van der Waals surface area contributed by atoms with Gasteiger partial charge in [0.1, 0.15) is 0 Å². The molecular weight excluding hydrogens is 319 g/mol. The SMILES string of the molecule is FC(F)(F)C1CCC(NCc2ccccc2Br)CC1. The van der Waals surface area contributed by atoms with E-state index in [4.69, 9.17) is 0 Å². The van der Waals surface area contributed by atoms with Crippen LogP contribution in [-0.2, 0) is 6.54 Å². The predicted octanol–water partition coefficient (Wildman–Crippen LogP) is 4.66. The van der Waals surface area contributed by atoms with Crippen molar-refractivity contribution in [3.63, 3.8) is 0 Å². The van der Waals surface area contributed by atoms with Crippen molar-refractivity contribution in [2.24, 2.45) is 5.92 Å². The molecule has 1 N–H and O–H groups in total. The fourth-order valence-electron chi connectivity index (χ4n) is 2.52. The summed E-state index contributed by atoms with van der Waals surface area (Å²) < 4.78 is 38.7. The molecule has 0 amide bonds. The summed E-state index contributed by atoms with van der Waals surface area (Å²) in [7, 11) is 0. The minimum Gasteiger partial charge on any atom is -0.310 e. The zero-order valence-corrected chi connectivity index (χ0v) is 12.1. The molecule has 0 bridgehead atoms. The van der Waals surface area contributed by atoms with E-state index >= 15 is 0 Å². The van der Waals surface area contributed by atoms with Gasteiger partial charge in [0.15, 0.2) is 0 Å². The smallest absolute Gasteiger partial charge is 0.310 e. The predicted molar refractivity (Wildman–Crippen MR) is 72.8 cm³/mol. The fraction of sp³-hybridized carbons (Fsp3) is 0.571. The summed E-state index contributed by atoms with van der Waals surface area (Å²) in [6.45, 7) is 0.697. The number of hydrogen-bond acceptors (Lipinski definition) is 1. The van der Waals surface area contributed by atoms with Crippen LogP contribution in [0.15, 0.2) is 28.7 Å². The molecule has 1 nitrogen and oxygen atoms in total. The quantitative estimate of drug-likeness (QED) is 0.847. The van der Waals surface area contributed by atoms with Gasteiger partial charge >= 0.3 is 6.18 Å². The Morgan fingerprint density at radius 1 is 1.11 bits per heavy atom. The molecule has 0 aromatic heterocycles. The van der Waals surface area contributed by atoms with Crippen LogP contribution in [0.25, 0.3) is 0 Å². The van der Waals surface area contributed by atoms with E-state index in [9.17, 15) is 13.2 Å². The maximum absolute atomic E-state index is 12.5. The van der Waals surface area contributed by atoms with Gasteiger partial charge in [-0.2, -0.15) is 13.2 Å². The Morgan fingerprint density at radius 2 is 1.74 bits per heavy atom. The van der Waals surface area contributed by atoms with E-state index < -0.39 is 12.1 Å². The molecule has 2 rings (SSSR count). The minimum atomic E-state index is -4.02. The fourth-order valence-corrected chi connectivity index (χ4v) is 2.95. The molecule has 1 aromatic rings. The molecule has 0 unspecified atom stereocenters. The number of rotatable bonds is 3. The van der Waals surface area contributed by atoms with Gasteiger partial charge in [-0.1, -0.05) is 34.1 Å². The Balaban J connectivity index is 1.79. The first kappa shape index (κ1) is 14.9. The van der Waals surface area contributed by atoms with Crippen molar-refractivity contribution < 1.29 is 13.2 Å². The zero-order chi connectivity index (χ0) is 13.9. The summed E-state index contributed by atoms with van der Waals surface area (Å²) >= 11 is 3.47. The second kappa shape index (κ2) is 6.27. The van der Waals surface area contributed by atoms with Gasteiger partial charge in [0.05, 0.1) is 5.92 Å². The van der Waals surface area contributed by atoms with Gasteiger partial charge in [0.2, 0.25) is 0 Å². The Hall–Kier alpha value is -0.550. The van der Waals surface area contributed by atoms with E-state index in [1.165, 1.54) is 0 Å². The highest BCUT2D eigenvalue weighted by molar-refractivity contribution is 9.10. The lowest BCUT2D eigenvalue weighted by atomic mass is 9.85. The van der Waals surface area contributed by atoms with Crippen molar-refractivity contribution in [2.75, 3.05) is 0 Å². The van der Waals surface area contributed by atoms with Gasteiger partial charge < -0.3 is 5.32 Å². The third-order valence-corrected chi connectivity index (χ3v) is 4.50. The van der Waals surface area contributed by atoms with Gasteiger partial charge in [-0.25, -0.2) is 0 Å². The van der Waals surface area contributed by atoms with Crippen LogP contribution in [0.2, 0.25) is 0 Å². The van der Waals surface area contributed by atoms with E-state index in [0.717, 1.165) is 10.0 Å². The molecule has 0 radical (unpaired) electrons. The molecule has 19 heavy (non-hydrogen) atoms. The van der Waals surface area contributed by atoms with Gasteiger partial charge in [-0.05, 0) is 37.3 Å². The summed E-state index contributed by atoms with van der Waals surface area (Å²) in [6.07, 6.45) is -2.31. The number of alkyl halides is 3. The van der Waals surface area contributed by atoms with Crippen LogP contribution in [0.4, 0.5) is 13.2 Å². The molecule has 1 saturated carbocycles. The van der Waals surface area contributed by atoms with E-state index in [0.29, 0.717) is 19.4 Å². The van der Waals surface area contributed by atoms with Crippen LogP contribution in [0.3, 0.4) is 0 Å². The van der Waals surface area contributed by atoms with E-state index in [1.807, 2.05) is 24.3 Å². The lowest BCUT2D eigenvalue weighted by Gasteiger charge is -2.30. The van der Waals surface area contributed by atoms with Crippen molar-refractivity contribution in [2.45, 2.75) is 44.4 Å². The molecule has 0 spiro atoms. The maximum atomic E-state index is 12.5. The Bertz CT molecular complexity index is 411. The first-order chi connectivity index (χ1) is 8.97. The summed E-state index contributed by atoms with van der Waals surface area (Å²) in [6, 6.07) is 8.09. The third kappa shape index (κ3) is 4.21. The molecule has 0 heterocycles. The second-order valence-corrected chi connectivity index (χ2v) is 5.92. The monoisotopic (exact) mass is 335 g/mol. The first-order valence-corrected chi connectivity index (χ1v) is 7.29. The number of hydrogen-bond donors (Lipinski definition) is 1. The first-order valence-electron chi connectivity index (χ1n) is 6.50. The van der Waals surface area contributed by atoms with Gasteiger partial charge in [0.25, 0.3) is 0 Å². The van der Waals surface area contributed by atoms with Crippen molar-refractivity contribution in [1.29, 1.82) is 0 Å². The summed E-state index contributed by atoms with van der Waals surface area (Å²) in [5.41, 5.74) is 1.14. The standard InChI is InChI=1S/C14H17BrF3N/c15-13-4-2-1-3-10(13)9-19-12-7-5-11(6-8-12)14(16,17)18/h1-4,11-12,19H,5-9H2. The summed E-state index contributed by atoms with van der Waals surface area (Å²) in [5.74, 6) is -1.10. The Morgan fingerprint density at radius 3 is 2.32 bits per heavy atom. The number of halogens is 4. The van der Waals surface area contributed by atoms with Crippen LogP contribution in [0, 0.1) is 5.92 Å². The molecule has 0 atom stereocenters. The maximum Gasteiger partial charge on any atom is 0.391 e. The lowest BCUT2D eigenvalue weighted by Crippen LogP contribution is -2.36. The molecule has 1 aliphatic carbocycles. The van der Waals surface area contributed by atoms with Crippen LogP contribution >= 0.6 is 15.9 Å². The van der Waals surface area contributed by atoms with Gasteiger partial charge in [-0.3, -0.25) is 0 Å². The second-order valence-electron chi connectivity index (χ2n) is 5.06. The van der Waals surface area contributed by atoms with Crippen LogP contribution in [0.1, 0.15) is 31.2 Å². The van der Waals surface area contributed by atoms with Crippen LogP contribution in [-0.4, -0.2) is 12.2 Å². The molecule has 1 aromatic carbocycles. The average Bonchev–Trinajstić information content (AvgIpc) is 2.37. The van der Waals surface area contributed by atoms with Crippen molar-refractivity contribution in [3.05, 3.63) is 34.3 Å². The van der Waals surface area contributed by atoms with Crippen molar-refractivity contribution in [3.8, 4) is 0 Å².